The Balaban J connectivity index is 0.00000324. The van der Waals surface area contributed by atoms with Gasteiger partial charge < -0.3 is 5.73 Å². The van der Waals surface area contributed by atoms with Gasteiger partial charge in [-0.05, 0) is 12.0 Å². The van der Waals surface area contributed by atoms with Crippen molar-refractivity contribution in [3.8, 4) is 0 Å². The van der Waals surface area contributed by atoms with Crippen LogP contribution < -0.4 is 10.5 Å². The first-order valence-corrected chi connectivity index (χ1v) is 6.87. The van der Waals surface area contributed by atoms with Crippen molar-refractivity contribution in [2.24, 2.45) is 5.73 Å². The molecule has 0 fully saturated rings. The topological polar surface area (TPSA) is 115 Å². The first kappa shape index (κ1) is 17.8. The lowest BCUT2D eigenvalue weighted by Gasteiger charge is -2.09. The molecule has 108 valence electrons. The maximum absolute atomic E-state index is 12.0. The van der Waals surface area contributed by atoms with E-state index in [0.717, 1.165) is 6.07 Å². The normalized spacial score (nSPS) is 10.8. The Morgan fingerprint density at radius 2 is 2.05 bits per heavy atom. The van der Waals surface area contributed by atoms with E-state index in [0.29, 0.717) is 12.0 Å². The molecule has 0 radical (unpaired) electrons. The Bertz CT molecular complexity index is 548. The number of nitrogens with two attached hydrogens (primary N) is 1. The number of nitro benzene ring substituents is 1. The van der Waals surface area contributed by atoms with E-state index < -0.39 is 14.9 Å². The average Bonchev–Trinajstić information content (AvgIpc) is 2.35. The number of sulfonamides is 1. The molecule has 0 saturated heterocycles. The predicted octanol–water partition coefficient (Wildman–Crippen LogP) is 0.816. The van der Waals surface area contributed by atoms with Gasteiger partial charge in [-0.3, -0.25) is 10.1 Å². The SMILES string of the molecule is CCc1ccc([N+](=O)[O-])cc1S(=O)(=O)NCCN.Cl. The monoisotopic (exact) mass is 309 g/mol. The first-order valence-electron chi connectivity index (χ1n) is 5.39. The highest BCUT2D eigenvalue weighted by atomic mass is 35.5. The van der Waals surface area contributed by atoms with Gasteiger partial charge in [-0.25, -0.2) is 13.1 Å². The lowest BCUT2D eigenvalue weighted by Crippen LogP contribution is -2.29. The summed E-state index contributed by atoms with van der Waals surface area (Å²) in [5, 5.41) is 10.7. The third kappa shape index (κ3) is 4.43. The molecule has 0 heterocycles. The minimum absolute atomic E-state index is 0. The van der Waals surface area contributed by atoms with Crippen LogP contribution in [0.5, 0.6) is 0 Å². The number of halogens is 1. The Hall–Kier alpha value is -1.22. The number of benzene rings is 1. The van der Waals surface area contributed by atoms with E-state index in [-0.39, 0.29) is 36.1 Å². The zero-order valence-corrected chi connectivity index (χ0v) is 12.0. The van der Waals surface area contributed by atoms with Crippen molar-refractivity contribution in [1.82, 2.24) is 4.72 Å². The van der Waals surface area contributed by atoms with Gasteiger partial charge in [0.1, 0.15) is 0 Å². The van der Waals surface area contributed by atoms with Crippen molar-refractivity contribution in [2.75, 3.05) is 13.1 Å². The molecular weight excluding hydrogens is 294 g/mol. The van der Waals surface area contributed by atoms with Crippen LogP contribution in [-0.4, -0.2) is 26.4 Å². The molecule has 1 aromatic carbocycles. The third-order valence-electron chi connectivity index (χ3n) is 2.37. The van der Waals surface area contributed by atoms with Crippen molar-refractivity contribution < 1.29 is 13.3 Å². The van der Waals surface area contributed by atoms with Gasteiger partial charge in [0.25, 0.3) is 5.69 Å². The molecule has 0 aliphatic carbocycles. The molecule has 0 amide bonds. The van der Waals surface area contributed by atoms with Gasteiger partial charge in [0.05, 0.1) is 9.82 Å². The molecule has 0 aliphatic heterocycles. The molecule has 0 spiro atoms. The van der Waals surface area contributed by atoms with Gasteiger partial charge in [0.2, 0.25) is 10.0 Å². The van der Waals surface area contributed by atoms with Gasteiger partial charge in [0, 0.05) is 25.2 Å². The smallest absolute Gasteiger partial charge is 0.270 e. The molecule has 0 unspecified atom stereocenters. The van der Waals surface area contributed by atoms with Crippen molar-refractivity contribution >= 4 is 28.1 Å². The highest BCUT2D eigenvalue weighted by Gasteiger charge is 2.20. The second-order valence-electron chi connectivity index (χ2n) is 3.59. The van der Waals surface area contributed by atoms with Gasteiger partial charge >= 0.3 is 0 Å². The Morgan fingerprint density at radius 1 is 1.42 bits per heavy atom. The van der Waals surface area contributed by atoms with Crippen molar-refractivity contribution in [3.05, 3.63) is 33.9 Å². The van der Waals surface area contributed by atoms with Crippen LogP contribution in [0.25, 0.3) is 0 Å². The van der Waals surface area contributed by atoms with Crippen LogP contribution in [0.15, 0.2) is 23.1 Å². The summed E-state index contributed by atoms with van der Waals surface area (Å²) in [6.07, 6.45) is 0.469. The van der Waals surface area contributed by atoms with Crippen molar-refractivity contribution in [1.29, 1.82) is 0 Å². The standard InChI is InChI=1S/C10H15N3O4S.ClH/c1-2-8-3-4-9(13(14)15)7-10(8)18(16,17)12-6-5-11;/h3-4,7,12H,2,5-6,11H2,1H3;1H. The lowest BCUT2D eigenvalue weighted by atomic mass is 10.1. The second kappa shape index (κ2) is 7.39. The van der Waals surface area contributed by atoms with Gasteiger partial charge in [0.15, 0.2) is 0 Å². The average molecular weight is 310 g/mol. The van der Waals surface area contributed by atoms with E-state index in [1.54, 1.807) is 6.92 Å². The fourth-order valence-corrected chi connectivity index (χ4v) is 2.85. The highest BCUT2D eigenvalue weighted by molar-refractivity contribution is 7.89. The second-order valence-corrected chi connectivity index (χ2v) is 5.32. The quantitative estimate of drug-likeness (QED) is 0.596. The number of hydrogen-bond donors (Lipinski definition) is 2. The largest absolute Gasteiger partial charge is 0.329 e. The number of nitro groups is 1. The number of rotatable bonds is 6. The number of aryl methyl sites for hydroxylation is 1. The number of nitrogens with one attached hydrogen (secondary N) is 1. The molecule has 3 N–H and O–H groups in total. The molecule has 0 aliphatic rings. The molecule has 0 bridgehead atoms. The van der Waals surface area contributed by atoms with E-state index in [1.165, 1.54) is 12.1 Å². The van der Waals surface area contributed by atoms with Crippen LogP contribution in [0.2, 0.25) is 0 Å². The lowest BCUT2D eigenvalue weighted by molar-refractivity contribution is -0.385. The summed E-state index contributed by atoms with van der Waals surface area (Å²) in [6, 6.07) is 3.81. The van der Waals surface area contributed by atoms with Crippen LogP contribution >= 0.6 is 12.4 Å². The van der Waals surface area contributed by atoms with E-state index in [9.17, 15) is 18.5 Å². The fourth-order valence-electron chi connectivity index (χ4n) is 1.47. The van der Waals surface area contributed by atoms with E-state index in [1.807, 2.05) is 0 Å². The van der Waals surface area contributed by atoms with Crippen LogP contribution in [0, 0.1) is 10.1 Å². The van der Waals surface area contributed by atoms with E-state index in [2.05, 4.69) is 4.72 Å². The number of nitrogens with zero attached hydrogens (tertiary/aromatic N) is 1. The zero-order valence-electron chi connectivity index (χ0n) is 10.3. The summed E-state index contributed by atoms with van der Waals surface area (Å²) in [6.45, 7) is 2.03. The Kier molecular flexibility index (Phi) is 6.91. The molecule has 1 rings (SSSR count). The predicted molar refractivity (Wildman–Crippen MR) is 74.0 cm³/mol. The number of non-ortho nitro benzene ring substituents is 1. The van der Waals surface area contributed by atoms with Gasteiger partial charge in [-0.2, -0.15) is 0 Å². The minimum atomic E-state index is -3.76. The van der Waals surface area contributed by atoms with E-state index in [4.69, 9.17) is 5.73 Å². The molecule has 19 heavy (non-hydrogen) atoms. The molecule has 0 saturated carbocycles. The summed E-state index contributed by atoms with van der Waals surface area (Å²) >= 11 is 0. The minimum Gasteiger partial charge on any atom is -0.329 e. The summed E-state index contributed by atoms with van der Waals surface area (Å²) in [5.41, 5.74) is 5.51. The van der Waals surface area contributed by atoms with Crippen molar-refractivity contribution in [2.45, 2.75) is 18.2 Å². The summed E-state index contributed by atoms with van der Waals surface area (Å²) in [4.78, 5) is 9.98. The maximum Gasteiger partial charge on any atom is 0.270 e. The Labute approximate surface area is 117 Å². The first-order chi connectivity index (χ1) is 8.42. The van der Waals surface area contributed by atoms with Gasteiger partial charge in [-0.1, -0.05) is 13.0 Å². The zero-order chi connectivity index (χ0) is 13.8. The molecule has 9 heteroatoms. The van der Waals surface area contributed by atoms with Crippen molar-refractivity contribution in [3.63, 3.8) is 0 Å². The summed E-state index contributed by atoms with van der Waals surface area (Å²) < 4.78 is 26.2. The van der Waals surface area contributed by atoms with E-state index >= 15 is 0 Å². The summed E-state index contributed by atoms with van der Waals surface area (Å²) in [5.74, 6) is 0. The van der Waals surface area contributed by atoms with Gasteiger partial charge in [-0.15, -0.1) is 12.4 Å². The molecule has 1 aromatic rings. The van der Waals surface area contributed by atoms with Crippen LogP contribution in [0.3, 0.4) is 0 Å². The Morgan fingerprint density at radius 3 is 2.53 bits per heavy atom. The van der Waals surface area contributed by atoms with Crippen LogP contribution in [0.1, 0.15) is 12.5 Å². The van der Waals surface area contributed by atoms with Crippen LogP contribution in [0.4, 0.5) is 5.69 Å². The number of hydrogen-bond acceptors (Lipinski definition) is 5. The molecular formula is C10H16ClN3O4S. The third-order valence-corrected chi connectivity index (χ3v) is 3.91. The van der Waals surface area contributed by atoms with Crippen LogP contribution in [-0.2, 0) is 16.4 Å². The molecule has 0 aromatic heterocycles. The molecule has 0 atom stereocenters. The fraction of sp³-hybridized carbons (Fsp3) is 0.400. The highest BCUT2D eigenvalue weighted by Crippen LogP contribution is 2.22. The maximum atomic E-state index is 12.0. The summed E-state index contributed by atoms with van der Waals surface area (Å²) in [7, 11) is -3.76. The molecule has 7 nitrogen and oxygen atoms in total.